The van der Waals surface area contributed by atoms with E-state index in [0.717, 1.165) is 16.1 Å². The van der Waals surface area contributed by atoms with Gasteiger partial charge < -0.3 is 24.0 Å². The number of halogens is 4. The predicted octanol–water partition coefficient (Wildman–Crippen LogP) is 3.25. The number of amides is 1. The zero-order valence-corrected chi connectivity index (χ0v) is 20.1. The molecule has 1 unspecified atom stereocenters. The number of methoxy groups -OCH3 is 1. The summed E-state index contributed by atoms with van der Waals surface area (Å²) in [4.78, 5) is 22.9. The van der Waals surface area contributed by atoms with Crippen LogP contribution in [0.2, 0.25) is 5.02 Å². The van der Waals surface area contributed by atoms with Gasteiger partial charge in [-0.1, -0.05) is 17.7 Å². The van der Waals surface area contributed by atoms with Crippen molar-refractivity contribution >= 4 is 29.7 Å². The molecule has 4 rings (SSSR count). The summed E-state index contributed by atoms with van der Waals surface area (Å²) < 4.78 is 48.5. The first kappa shape index (κ1) is 26.2. The van der Waals surface area contributed by atoms with E-state index in [9.17, 15) is 22.8 Å². The third kappa shape index (κ3) is 5.86. The number of hydrazone groups is 1. The van der Waals surface area contributed by atoms with Crippen LogP contribution in [0.25, 0.3) is 0 Å². The number of esters is 1. The number of carbonyl (C=O) groups is 1. The van der Waals surface area contributed by atoms with E-state index >= 15 is 0 Å². The molecule has 1 aliphatic heterocycles. The molecule has 1 heterocycles. The van der Waals surface area contributed by atoms with E-state index < -0.39 is 17.9 Å². The van der Waals surface area contributed by atoms with E-state index in [4.69, 9.17) is 21.1 Å². The summed E-state index contributed by atoms with van der Waals surface area (Å²) in [6.07, 6.45) is -2.71. The number of benzene rings is 2. The summed E-state index contributed by atoms with van der Waals surface area (Å²) in [6, 6.07) is 12.8. The normalized spacial score (nSPS) is 18.7. The smallest absolute Gasteiger partial charge is 0.518 e. The third-order valence-electron chi connectivity index (χ3n) is 4.34. The molecule has 32 heavy (non-hydrogen) atoms. The average Bonchev–Trinajstić information content (AvgIpc) is 3.06. The van der Waals surface area contributed by atoms with Crippen molar-refractivity contribution in [3.8, 4) is 5.75 Å². The maximum absolute atomic E-state index is 12.1. The molecule has 12 heteroatoms. The summed E-state index contributed by atoms with van der Waals surface area (Å²) in [6.45, 7) is -0.149. The van der Waals surface area contributed by atoms with Gasteiger partial charge >= 0.3 is 12.3 Å². The van der Waals surface area contributed by atoms with Crippen molar-refractivity contribution in [3.05, 3.63) is 64.7 Å². The number of ether oxygens (including phenoxy) is 3. The fourth-order valence-electron chi connectivity index (χ4n) is 3.10. The number of rotatable bonds is 3. The van der Waals surface area contributed by atoms with Crippen LogP contribution in [0.1, 0.15) is 11.1 Å². The molecular weight excluding hydrogens is 530 g/mol. The Bertz CT molecular complexity index is 1010. The van der Waals surface area contributed by atoms with Gasteiger partial charge in [0.25, 0.3) is 0 Å². The Hall–Kier alpha value is -2.01. The number of fused-ring (bicyclic) bond motifs is 3. The Labute approximate surface area is 211 Å². The largest absolute Gasteiger partial charge is 0.571 e. The quantitative estimate of drug-likeness (QED) is 0.439. The monoisotopic (exact) mass is 543 g/mol. The minimum atomic E-state index is -4.61. The van der Waals surface area contributed by atoms with Gasteiger partial charge in [-0.15, -0.1) is 31.7 Å². The Balaban J connectivity index is 0.000000259. The third-order valence-corrected chi connectivity index (χ3v) is 4.58. The van der Waals surface area contributed by atoms with E-state index in [1.165, 1.54) is 31.4 Å². The van der Waals surface area contributed by atoms with Gasteiger partial charge in [0.05, 0.1) is 7.11 Å². The van der Waals surface area contributed by atoms with Crippen molar-refractivity contribution < 1.29 is 69.7 Å². The van der Waals surface area contributed by atoms with Gasteiger partial charge in [0.2, 0.25) is 5.60 Å². The fourth-order valence-corrected chi connectivity index (χ4v) is 3.29. The standard InChI is InChI=1S/C13H10ClN2O4.C7H4F3O.Y/c1-19-12(18)13-5-8-4-9(14)2-3-10(8)11(13)15-16(6-17)7-20-13;8-7(9,10)11-6-4-2-1-3-5-6;/h2-4H,5,7H2,1H3;2-5H;/q2*-1;. The van der Waals surface area contributed by atoms with E-state index in [2.05, 4.69) is 15.9 Å². The van der Waals surface area contributed by atoms with Gasteiger partial charge in [-0.05, 0) is 17.7 Å². The minimum absolute atomic E-state index is 0. The van der Waals surface area contributed by atoms with Crippen LogP contribution in [-0.2, 0) is 58.2 Å². The molecule has 0 aromatic heterocycles. The number of hydrogen-bond acceptors (Lipinski definition) is 6. The van der Waals surface area contributed by atoms with Crippen molar-refractivity contribution in [3.63, 3.8) is 0 Å². The average molecular weight is 544 g/mol. The molecule has 2 aromatic rings. The molecule has 0 spiro atoms. The van der Waals surface area contributed by atoms with E-state index in [0.29, 0.717) is 10.7 Å². The topological polar surface area (TPSA) is 77.4 Å². The molecule has 2 aliphatic rings. The van der Waals surface area contributed by atoms with Gasteiger partial charge in [0.15, 0.2) is 0 Å². The van der Waals surface area contributed by atoms with Crippen LogP contribution in [0.5, 0.6) is 5.75 Å². The van der Waals surface area contributed by atoms with E-state index in [-0.39, 0.29) is 51.6 Å². The molecule has 167 valence electrons. The van der Waals surface area contributed by atoms with Gasteiger partial charge in [0, 0.05) is 55.5 Å². The maximum atomic E-state index is 12.1. The predicted molar refractivity (Wildman–Crippen MR) is 102 cm³/mol. The van der Waals surface area contributed by atoms with Crippen LogP contribution in [0.3, 0.4) is 0 Å². The Morgan fingerprint density at radius 1 is 1.31 bits per heavy atom. The first-order chi connectivity index (χ1) is 14.7. The summed E-state index contributed by atoms with van der Waals surface area (Å²) in [5.41, 5.74) is 0.592. The van der Waals surface area contributed by atoms with Crippen LogP contribution in [-0.4, -0.2) is 48.9 Å². The summed E-state index contributed by atoms with van der Waals surface area (Å²) >= 11 is 5.97. The number of alkyl halides is 3. The second kappa shape index (κ2) is 10.7. The number of carbonyl (C=O) groups excluding carboxylic acids is 2. The second-order valence-corrected chi connectivity index (χ2v) is 6.73. The maximum Gasteiger partial charge on any atom is 0.571 e. The van der Waals surface area contributed by atoms with Crippen molar-refractivity contribution in [1.29, 1.82) is 0 Å². The summed E-state index contributed by atoms with van der Waals surface area (Å²) in [5, 5.41) is 5.66. The molecule has 1 amide bonds. The molecule has 1 radical (unpaired) electrons. The SMILES string of the molecule is COC(=O)C12Cc3cc(Cl)ccc3C1=NN([C-]=O)CO2.FC(F)(F)Oc1cc[c-]cc1.[Y]. The van der Waals surface area contributed by atoms with Gasteiger partial charge in [-0.3, -0.25) is 0 Å². The Kier molecular flexibility index (Phi) is 8.81. The first-order valence-corrected chi connectivity index (χ1v) is 9.04. The van der Waals surface area contributed by atoms with Crippen molar-refractivity contribution in [2.24, 2.45) is 5.10 Å². The molecular formula is C20H14ClF3N2O5Y-2. The zero-order chi connectivity index (χ0) is 22.6. The summed E-state index contributed by atoms with van der Waals surface area (Å²) in [5.74, 6) is -0.773. The molecule has 1 aliphatic carbocycles. The Morgan fingerprint density at radius 3 is 2.59 bits per heavy atom. The minimum Gasteiger partial charge on any atom is -0.518 e. The molecule has 0 saturated carbocycles. The molecule has 0 saturated heterocycles. The molecule has 0 N–H and O–H groups in total. The van der Waals surface area contributed by atoms with Gasteiger partial charge in [0.1, 0.15) is 12.4 Å². The first-order valence-electron chi connectivity index (χ1n) is 8.66. The van der Waals surface area contributed by atoms with E-state index in [1.54, 1.807) is 24.6 Å². The van der Waals surface area contributed by atoms with Crippen LogP contribution >= 0.6 is 11.6 Å². The molecule has 1 atom stereocenters. The van der Waals surface area contributed by atoms with Crippen molar-refractivity contribution in [2.45, 2.75) is 18.4 Å². The van der Waals surface area contributed by atoms with Crippen LogP contribution in [0, 0.1) is 6.07 Å². The van der Waals surface area contributed by atoms with Crippen molar-refractivity contribution in [2.75, 3.05) is 13.8 Å². The molecule has 0 fully saturated rings. The molecule has 0 bridgehead atoms. The van der Waals surface area contributed by atoms with E-state index in [1.807, 2.05) is 0 Å². The zero-order valence-electron chi connectivity index (χ0n) is 16.5. The second-order valence-electron chi connectivity index (χ2n) is 6.29. The Morgan fingerprint density at radius 2 is 2.00 bits per heavy atom. The van der Waals surface area contributed by atoms with Gasteiger partial charge in [-0.2, -0.15) is 18.2 Å². The van der Waals surface area contributed by atoms with Crippen molar-refractivity contribution in [1.82, 2.24) is 5.01 Å². The molecule has 2 aromatic carbocycles. The van der Waals surface area contributed by atoms with Crippen LogP contribution < -0.4 is 4.74 Å². The fraction of sp³-hybridized carbons (Fsp3) is 0.250. The number of hydrogen-bond donors (Lipinski definition) is 0. The van der Waals surface area contributed by atoms with Crippen LogP contribution in [0.4, 0.5) is 13.2 Å². The number of nitrogens with zero attached hydrogens (tertiary/aromatic N) is 2. The van der Waals surface area contributed by atoms with Gasteiger partial charge in [-0.25, -0.2) is 9.90 Å². The molecule has 7 nitrogen and oxygen atoms in total. The van der Waals surface area contributed by atoms with Crippen LogP contribution in [0.15, 0.2) is 47.6 Å². The summed E-state index contributed by atoms with van der Waals surface area (Å²) in [7, 11) is 1.28.